The molecule has 0 radical (unpaired) electrons. The van der Waals surface area contributed by atoms with Crippen LogP contribution in [0.4, 0.5) is 0 Å². The van der Waals surface area contributed by atoms with Crippen LogP contribution in [0.3, 0.4) is 0 Å². The van der Waals surface area contributed by atoms with Gasteiger partial charge >= 0.3 is 0 Å². The molecule has 148 valence electrons. The number of likely N-dealkylation sites (tertiary alicyclic amines) is 1. The standard InChI is InChI=1S/C24H29NO3/c26-16-22-21-15-18(6-8-19(21)10-11-23(22)27)5-4-17-7-9-20(14-17)24(28)25-12-2-1-3-13-25/h6,8,10-11,15-17,20,27H,1-5,7,9,12-14H2. The quantitative estimate of drug-likeness (QED) is 0.765. The number of aldehydes is 1. The van der Waals surface area contributed by atoms with E-state index in [0.29, 0.717) is 17.4 Å². The third kappa shape index (κ3) is 3.91. The molecule has 1 heterocycles. The average molecular weight is 380 g/mol. The van der Waals surface area contributed by atoms with E-state index in [-0.39, 0.29) is 11.7 Å². The molecule has 2 aromatic rings. The number of phenolic OH excluding ortho intramolecular Hbond substituents is 1. The van der Waals surface area contributed by atoms with Crippen LogP contribution >= 0.6 is 0 Å². The van der Waals surface area contributed by atoms with Gasteiger partial charge in [0.05, 0.1) is 5.56 Å². The maximum Gasteiger partial charge on any atom is 0.225 e. The Hall–Kier alpha value is -2.36. The van der Waals surface area contributed by atoms with Crippen molar-refractivity contribution >= 4 is 23.0 Å². The number of carbonyl (C=O) groups excluding carboxylic acids is 2. The van der Waals surface area contributed by atoms with Crippen molar-refractivity contribution in [2.24, 2.45) is 11.8 Å². The normalized spacial score (nSPS) is 22.5. The first kappa shape index (κ1) is 19.0. The van der Waals surface area contributed by atoms with Gasteiger partial charge in [-0.3, -0.25) is 9.59 Å². The monoisotopic (exact) mass is 379 g/mol. The van der Waals surface area contributed by atoms with Crippen LogP contribution < -0.4 is 0 Å². The van der Waals surface area contributed by atoms with Crippen molar-refractivity contribution in [3.05, 3.63) is 41.5 Å². The van der Waals surface area contributed by atoms with Crippen LogP contribution in [0.15, 0.2) is 30.3 Å². The number of aromatic hydroxyl groups is 1. The Morgan fingerprint density at radius 3 is 2.68 bits per heavy atom. The topological polar surface area (TPSA) is 57.6 Å². The zero-order chi connectivity index (χ0) is 19.5. The maximum atomic E-state index is 12.7. The summed E-state index contributed by atoms with van der Waals surface area (Å²) in [6.07, 6.45) is 9.50. The highest BCUT2D eigenvalue weighted by atomic mass is 16.3. The highest BCUT2D eigenvalue weighted by Gasteiger charge is 2.32. The first-order valence-electron chi connectivity index (χ1n) is 10.6. The van der Waals surface area contributed by atoms with E-state index in [1.54, 1.807) is 6.07 Å². The fourth-order valence-electron chi connectivity index (χ4n) is 4.96. The average Bonchev–Trinajstić information content (AvgIpc) is 3.21. The highest BCUT2D eigenvalue weighted by Crippen LogP contribution is 2.36. The van der Waals surface area contributed by atoms with Crippen molar-refractivity contribution in [3.63, 3.8) is 0 Å². The van der Waals surface area contributed by atoms with Gasteiger partial charge in [-0.15, -0.1) is 0 Å². The molecule has 28 heavy (non-hydrogen) atoms. The lowest BCUT2D eigenvalue weighted by Gasteiger charge is -2.29. The van der Waals surface area contributed by atoms with Gasteiger partial charge in [0, 0.05) is 19.0 Å². The highest BCUT2D eigenvalue weighted by molar-refractivity contribution is 6.00. The van der Waals surface area contributed by atoms with Crippen LogP contribution in [0.2, 0.25) is 0 Å². The summed E-state index contributed by atoms with van der Waals surface area (Å²) in [5, 5.41) is 11.7. The smallest absolute Gasteiger partial charge is 0.225 e. The summed E-state index contributed by atoms with van der Waals surface area (Å²) >= 11 is 0. The maximum absolute atomic E-state index is 12.7. The molecule has 2 fully saturated rings. The summed E-state index contributed by atoms with van der Waals surface area (Å²) < 4.78 is 0. The number of nitrogens with zero attached hydrogens (tertiary/aromatic N) is 1. The molecule has 0 spiro atoms. The van der Waals surface area contributed by atoms with Crippen molar-refractivity contribution in [1.29, 1.82) is 0 Å². The molecule has 1 N–H and O–H groups in total. The minimum atomic E-state index is 0.0366. The molecule has 2 atom stereocenters. The molecule has 2 unspecified atom stereocenters. The van der Waals surface area contributed by atoms with E-state index in [9.17, 15) is 14.7 Å². The Morgan fingerprint density at radius 1 is 1.11 bits per heavy atom. The van der Waals surface area contributed by atoms with E-state index in [1.165, 1.54) is 12.0 Å². The zero-order valence-corrected chi connectivity index (χ0v) is 16.4. The Morgan fingerprint density at radius 2 is 1.89 bits per heavy atom. The number of rotatable bonds is 5. The summed E-state index contributed by atoms with van der Waals surface area (Å²) in [6.45, 7) is 1.89. The summed E-state index contributed by atoms with van der Waals surface area (Å²) in [7, 11) is 0. The number of carbonyl (C=O) groups is 2. The minimum absolute atomic E-state index is 0.0366. The first-order valence-corrected chi connectivity index (χ1v) is 10.6. The van der Waals surface area contributed by atoms with Crippen LogP contribution in [0.5, 0.6) is 5.75 Å². The van der Waals surface area contributed by atoms with Crippen molar-refractivity contribution < 1.29 is 14.7 Å². The van der Waals surface area contributed by atoms with Crippen LogP contribution in [0.25, 0.3) is 10.8 Å². The molecule has 2 aromatic carbocycles. The largest absolute Gasteiger partial charge is 0.507 e. The predicted octanol–water partition coefficient (Wildman–Crippen LogP) is 4.72. The van der Waals surface area contributed by atoms with Crippen molar-refractivity contribution in [1.82, 2.24) is 4.90 Å². The first-order chi connectivity index (χ1) is 13.7. The zero-order valence-electron chi connectivity index (χ0n) is 16.4. The second-order valence-electron chi connectivity index (χ2n) is 8.47. The van der Waals surface area contributed by atoms with Crippen molar-refractivity contribution in [2.45, 2.75) is 51.4 Å². The molecule has 0 aromatic heterocycles. The minimum Gasteiger partial charge on any atom is -0.507 e. The second-order valence-corrected chi connectivity index (χ2v) is 8.47. The van der Waals surface area contributed by atoms with Gasteiger partial charge in [-0.25, -0.2) is 0 Å². The summed E-state index contributed by atoms with van der Waals surface area (Å²) in [4.78, 5) is 26.2. The van der Waals surface area contributed by atoms with Gasteiger partial charge in [0.1, 0.15) is 5.75 Å². The molecule has 4 rings (SSSR count). The Kier molecular flexibility index (Phi) is 5.65. The number of fused-ring (bicyclic) bond motifs is 1. The van der Waals surface area contributed by atoms with Gasteiger partial charge in [0.2, 0.25) is 5.91 Å². The fraction of sp³-hybridized carbons (Fsp3) is 0.500. The molecule has 1 aliphatic heterocycles. The van der Waals surface area contributed by atoms with Crippen molar-refractivity contribution in [3.8, 4) is 5.75 Å². The lowest BCUT2D eigenvalue weighted by Crippen LogP contribution is -2.39. The van der Waals surface area contributed by atoms with E-state index in [2.05, 4.69) is 11.0 Å². The van der Waals surface area contributed by atoms with Crippen molar-refractivity contribution in [2.75, 3.05) is 13.1 Å². The van der Waals surface area contributed by atoms with E-state index >= 15 is 0 Å². The molecular weight excluding hydrogens is 350 g/mol. The number of hydrogen-bond donors (Lipinski definition) is 1. The lowest BCUT2D eigenvalue weighted by atomic mass is 9.94. The predicted molar refractivity (Wildman–Crippen MR) is 111 cm³/mol. The number of aryl methyl sites for hydroxylation is 1. The second kappa shape index (κ2) is 8.34. The third-order valence-corrected chi connectivity index (χ3v) is 6.62. The Balaban J connectivity index is 1.37. The third-order valence-electron chi connectivity index (χ3n) is 6.62. The summed E-state index contributed by atoms with van der Waals surface area (Å²) in [5.41, 5.74) is 1.56. The van der Waals surface area contributed by atoms with Gasteiger partial charge in [0.15, 0.2) is 6.29 Å². The van der Waals surface area contributed by atoms with E-state index < -0.39 is 0 Å². The van der Waals surface area contributed by atoms with Crippen LogP contribution in [0.1, 0.15) is 60.9 Å². The van der Waals surface area contributed by atoms with E-state index in [4.69, 9.17) is 0 Å². The van der Waals surface area contributed by atoms with Gasteiger partial charge in [-0.05, 0) is 79.7 Å². The molecule has 4 heteroatoms. The number of amides is 1. The number of benzene rings is 2. The molecule has 4 nitrogen and oxygen atoms in total. The lowest BCUT2D eigenvalue weighted by molar-refractivity contribution is -0.136. The van der Waals surface area contributed by atoms with E-state index in [0.717, 1.165) is 75.1 Å². The number of phenols is 1. The van der Waals surface area contributed by atoms with Crippen LogP contribution in [0, 0.1) is 11.8 Å². The molecule has 1 amide bonds. The van der Waals surface area contributed by atoms with Crippen LogP contribution in [-0.2, 0) is 11.2 Å². The van der Waals surface area contributed by atoms with Crippen LogP contribution in [-0.4, -0.2) is 35.3 Å². The fourth-order valence-corrected chi connectivity index (χ4v) is 4.96. The summed E-state index contributed by atoms with van der Waals surface area (Å²) in [5.74, 6) is 1.25. The van der Waals surface area contributed by atoms with Gasteiger partial charge in [0.25, 0.3) is 0 Å². The molecule has 0 bridgehead atoms. The molecular formula is C24H29NO3. The van der Waals surface area contributed by atoms with Gasteiger partial charge in [-0.1, -0.05) is 24.3 Å². The summed E-state index contributed by atoms with van der Waals surface area (Å²) in [6, 6.07) is 9.58. The van der Waals surface area contributed by atoms with Gasteiger partial charge < -0.3 is 10.0 Å². The van der Waals surface area contributed by atoms with Gasteiger partial charge in [-0.2, -0.15) is 0 Å². The number of hydrogen-bond acceptors (Lipinski definition) is 3. The SMILES string of the molecule is O=Cc1c(O)ccc2ccc(CCC3CCC(C(=O)N4CCCCC4)C3)cc12. The van der Waals surface area contributed by atoms with E-state index in [1.807, 2.05) is 18.2 Å². The molecule has 1 aliphatic carbocycles. The molecule has 1 saturated heterocycles. The molecule has 1 saturated carbocycles. The molecule has 2 aliphatic rings. The Bertz CT molecular complexity index is 870. The Labute approximate surface area is 166 Å². The number of piperidine rings is 1.